The van der Waals surface area contributed by atoms with Crippen molar-refractivity contribution < 1.29 is 22.5 Å². The van der Waals surface area contributed by atoms with Gasteiger partial charge in [-0.2, -0.15) is 13.2 Å². The average molecular weight is 252 g/mol. The number of rotatable bonds is 9. The van der Waals surface area contributed by atoms with Crippen LogP contribution in [0.5, 0.6) is 0 Å². The van der Waals surface area contributed by atoms with Crippen LogP contribution in [0.25, 0.3) is 0 Å². The molecule has 100 valence electrons. The summed E-state index contributed by atoms with van der Waals surface area (Å²) in [6.45, 7) is 7.39. The molecule has 0 aromatic rings. The number of unbranched alkanes of at least 4 members (excludes halogenated alkanes) is 2. The first kappa shape index (κ1) is 16.5. The van der Waals surface area contributed by atoms with E-state index in [-0.39, 0.29) is 13.2 Å². The number of alkyl halides is 3. The quantitative estimate of drug-likeness (QED) is 0.459. The largest absolute Gasteiger partial charge is 0.498 e. The number of allylic oxidation sites excluding steroid dienone is 1. The van der Waals surface area contributed by atoms with Gasteiger partial charge in [-0.15, -0.1) is 0 Å². The summed E-state index contributed by atoms with van der Waals surface area (Å²) in [5, 5.41) is 0. The van der Waals surface area contributed by atoms with Crippen LogP contribution in [0.1, 0.15) is 39.5 Å². The summed E-state index contributed by atoms with van der Waals surface area (Å²) in [6, 6.07) is 0. The predicted octanol–water partition coefficient (Wildman–Crippen LogP) is 3.77. The minimum absolute atomic E-state index is 0.252. The molecule has 2 nitrogen and oxygen atoms in total. The summed E-state index contributed by atoms with van der Waals surface area (Å²) in [4.78, 5) is 0. The molecule has 0 aromatic carbocycles. The van der Waals surface area contributed by atoms with Gasteiger partial charge >= 0.3 is 13.3 Å². The van der Waals surface area contributed by atoms with E-state index in [4.69, 9.17) is 9.31 Å². The Bertz CT molecular complexity index is 209. The van der Waals surface area contributed by atoms with Crippen molar-refractivity contribution in [3.05, 3.63) is 12.1 Å². The molecule has 0 spiro atoms. The second kappa shape index (κ2) is 8.58. The Kier molecular flexibility index (Phi) is 8.34. The fraction of sp³-hybridized carbons (Fsp3) is 0.818. The second-order valence-corrected chi connectivity index (χ2v) is 3.80. The van der Waals surface area contributed by atoms with Crippen molar-refractivity contribution in [1.82, 2.24) is 0 Å². The van der Waals surface area contributed by atoms with Gasteiger partial charge in [-0.25, -0.2) is 0 Å². The van der Waals surface area contributed by atoms with Gasteiger partial charge in [0.05, 0.1) is 5.47 Å². The second-order valence-electron chi connectivity index (χ2n) is 3.80. The Labute approximate surface area is 101 Å². The Balaban J connectivity index is 4.23. The van der Waals surface area contributed by atoms with Crippen molar-refractivity contribution in [2.24, 2.45) is 0 Å². The van der Waals surface area contributed by atoms with Gasteiger partial charge in [0.1, 0.15) is 0 Å². The Morgan fingerprint density at radius 3 is 1.76 bits per heavy atom. The fourth-order valence-corrected chi connectivity index (χ4v) is 1.05. The monoisotopic (exact) mass is 252 g/mol. The van der Waals surface area contributed by atoms with Gasteiger partial charge in [0.2, 0.25) is 0 Å². The molecule has 0 saturated heterocycles. The van der Waals surface area contributed by atoms with Crippen molar-refractivity contribution in [3.8, 4) is 0 Å². The molecule has 0 atom stereocenters. The van der Waals surface area contributed by atoms with Crippen molar-refractivity contribution in [3.63, 3.8) is 0 Å². The highest BCUT2D eigenvalue weighted by molar-refractivity contribution is 6.54. The van der Waals surface area contributed by atoms with Crippen LogP contribution in [0.3, 0.4) is 0 Å². The molecule has 0 aliphatic rings. The SMILES string of the molecule is C=C(B(OCCCC)OCCCC)C(F)(F)F. The molecule has 0 aliphatic carbocycles. The fourth-order valence-electron chi connectivity index (χ4n) is 1.05. The third-order valence-corrected chi connectivity index (χ3v) is 2.18. The number of hydrogen-bond acceptors (Lipinski definition) is 2. The van der Waals surface area contributed by atoms with E-state index in [9.17, 15) is 13.2 Å². The molecule has 0 unspecified atom stereocenters. The van der Waals surface area contributed by atoms with E-state index in [1.54, 1.807) is 0 Å². The van der Waals surface area contributed by atoms with Crippen LogP contribution < -0.4 is 0 Å². The van der Waals surface area contributed by atoms with Crippen molar-refractivity contribution in [1.29, 1.82) is 0 Å². The van der Waals surface area contributed by atoms with E-state index in [0.29, 0.717) is 12.8 Å². The van der Waals surface area contributed by atoms with Crippen LogP contribution in [0.4, 0.5) is 13.2 Å². The van der Waals surface area contributed by atoms with Crippen LogP contribution in [0.15, 0.2) is 12.1 Å². The smallest absolute Gasteiger partial charge is 0.407 e. The van der Waals surface area contributed by atoms with Crippen LogP contribution in [-0.2, 0) is 9.31 Å². The molecule has 0 amide bonds. The minimum atomic E-state index is -4.47. The number of hydrogen-bond donors (Lipinski definition) is 0. The zero-order chi connectivity index (χ0) is 13.3. The van der Waals surface area contributed by atoms with E-state index < -0.39 is 18.8 Å². The molecule has 0 fully saturated rings. The zero-order valence-corrected chi connectivity index (χ0v) is 10.5. The summed E-state index contributed by atoms with van der Waals surface area (Å²) >= 11 is 0. The molecule has 0 N–H and O–H groups in total. The molecule has 0 bridgehead atoms. The summed E-state index contributed by atoms with van der Waals surface area (Å²) in [6.07, 6.45) is -1.33. The van der Waals surface area contributed by atoms with Crippen LogP contribution in [0, 0.1) is 0 Å². The lowest BCUT2D eigenvalue weighted by atomic mass is 9.78. The highest BCUT2D eigenvalue weighted by atomic mass is 19.4. The predicted molar refractivity (Wildman–Crippen MR) is 62.7 cm³/mol. The minimum Gasteiger partial charge on any atom is -0.407 e. The molecule has 17 heavy (non-hydrogen) atoms. The number of halogens is 3. The lowest BCUT2D eigenvalue weighted by Crippen LogP contribution is -2.34. The highest BCUT2D eigenvalue weighted by Gasteiger charge is 2.42. The van der Waals surface area contributed by atoms with E-state index in [1.165, 1.54) is 0 Å². The van der Waals surface area contributed by atoms with Gasteiger partial charge in [0, 0.05) is 13.2 Å². The summed E-state index contributed by atoms with van der Waals surface area (Å²) in [5.74, 6) is 0. The standard InChI is InChI=1S/C11H20BF3O2/c1-4-6-8-16-12(17-9-7-5-2)10(3)11(13,14)15/h3-9H2,1-2H3. The molecule has 0 radical (unpaired) electrons. The van der Waals surface area contributed by atoms with Crippen LogP contribution in [-0.4, -0.2) is 26.5 Å². The van der Waals surface area contributed by atoms with Gasteiger partial charge < -0.3 is 9.31 Å². The first-order chi connectivity index (χ1) is 7.93. The van der Waals surface area contributed by atoms with Crippen LogP contribution >= 0.6 is 0 Å². The van der Waals surface area contributed by atoms with E-state index in [1.807, 2.05) is 13.8 Å². The average Bonchev–Trinajstić information content (AvgIpc) is 2.25. The van der Waals surface area contributed by atoms with Crippen molar-refractivity contribution in [2.75, 3.05) is 13.2 Å². The van der Waals surface area contributed by atoms with Crippen LogP contribution in [0.2, 0.25) is 0 Å². The molecular formula is C11H20BF3O2. The van der Waals surface area contributed by atoms with Gasteiger partial charge in [0.15, 0.2) is 0 Å². The normalized spacial score (nSPS) is 11.6. The summed E-state index contributed by atoms with van der Waals surface area (Å²) in [5.41, 5.74) is -0.968. The maximum atomic E-state index is 12.5. The maximum Gasteiger partial charge on any atom is 0.498 e. The van der Waals surface area contributed by atoms with E-state index in [0.717, 1.165) is 12.8 Å². The molecular weight excluding hydrogens is 232 g/mol. The first-order valence-electron chi connectivity index (χ1n) is 5.92. The lowest BCUT2D eigenvalue weighted by molar-refractivity contribution is -0.0883. The Morgan fingerprint density at radius 2 is 1.47 bits per heavy atom. The topological polar surface area (TPSA) is 18.5 Å². The molecule has 0 aromatic heterocycles. The Hall–Kier alpha value is -0.485. The van der Waals surface area contributed by atoms with Gasteiger partial charge in [-0.3, -0.25) is 0 Å². The lowest BCUT2D eigenvalue weighted by Gasteiger charge is -2.18. The molecule has 0 aliphatic heterocycles. The van der Waals surface area contributed by atoms with Gasteiger partial charge in [0.25, 0.3) is 0 Å². The van der Waals surface area contributed by atoms with E-state index >= 15 is 0 Å². The molecule has 0 saturated carbocycles. The summed E-state index contributed by atoms with van der Waals surface area (Å²) < 4.78 is 47.5. The summed E-state index contributed by atoms with van der Waals surface area (Å²) in [7, 11) is -1.37. The highest BCUT2D eigenvalue weighted by Crippen LogP contribution is 2.27. The van der Waals surface area contributed by atoms with Gasteiger partial charge in [-0.1, -0.05) is 33.3 Å². The molecule has 0 heterocycles. The van der Waals surface area contributed by atoms with Crippen molar-refractivity contribution in [2.45, 2.75) is 45.7 Å². The van der Waals surface area contributed by atoms with Gasteiger partial charge in [-0.05, 0) is 12.8 Å². The Morgan fingerprint density at radius 1 is 1.06 bits per heavy atom. The maximum absolute atomic E-state index is 12.5. The third-order valence-electron chi connectivity index (χ3n) is 2.18. The molecule has 0 rings (SSSR count). The third kappa shape index (κ3) is 7.44. The first-order valence-corrected chi connectivity index (χ1v) is 5.92. The molecule has 6 heteroatoms. The van der Waals surface area contributed by atoms with Crippen molar-refractivity contribution >= 4 is 7.12 Å². The van der Waals surface area contributed by atoms with E-state index in [2.05, 4.69) is 6.58 Å². The zero-order valence-electron chi connectivity index (χ0n) is 10.5.